The van der Waals surface area contributed by atoms with Gasteiger partial charge in [0.1, 0.15) is 5.15 Å². The molecule has 7 heteroatoms. The summed E-state index contributed by atoms with van der Waals surface area (Å²) in [6, 6.07) is 8.40. The van der Waals surface area contributed by atoms with E-state index >= 15 is 0 Å². The highest BCUT2D eigenvalue weighted by Crippen LogP contribution is 2.23. The zero-order valence-electron chi connectivity index (χ0n) is 16.7. The molecule has 2 aromatic rings. The van der Waals surface area contributed by atoms with Crippen molar-refractivity contribution in [1.82, 2.24) is 20.1 Å². The van der Waals surface area contributed by atoms with E-state index in [0.29, 0.717) is 24.8 Å². The van der Waals surface area contributed by atoms with Crippen LogP contribution in [0.3, 0.4) is 0 Å². The van der Waals surface area contributed by atoms with E-state index in [1.807, 2.05) is 0 Å². The van der Waals surface area contributed by atoms with Crippen molar-refractivity contribution in [2.24, 2.45) is 0 Å². The van der Waals surface area contributed by atoms with Crippen molar-refractivity contribution in [1.29, 1.82) is 0 Å². The third-order valence-electron chi connectivity index (χ3n) is 5.07. The van der Waals surface area contributed by atoms with Crippen LogP contribution in [0.5, 0.6) is 0 Å². The second kappa shape index (κ2) is 10.2. The van der Waals surface area contributed by atoms with Gasteiger partial charge in [-0.1, -0.05) is 23.7 Å². The van der Waals surface area contributed by atoms with Crippen molar-refractivity contribution >= 4 is 28.4 Å². The van der Waals surface area contributed by atoms with Crippen molar-refractivity contribution in [3.63, 3.8) is 0 Å². The number of carbonyl (C=O) groups excluding carboxylic acids is 1. The van der Waals surface area contributed by atoms with Gasteiger partial charge in [0.05, 0.1) is 12.1 Å². The maximum atomic E-state index is 12.0. The Morgan fingerprint density at radius 2 is 1.96 bits per heavy atom. The number of carbonyl (C=O) groups is 1. The van der Waals surface area contributed by atoms with Gasteiger partial charge in [-0.25, -0.2) is 4.98 Å². The van der Waals surface area contributed by atoms with Gasteiger partial charge < -0.3 is 10.1 Å². The summed E-state index contributed by atoms with van der Waals surface area (Å²) in [5.41, 5.74) is 3.18. The van der Waals surface area contributed by atoms with E-state index in [4.69, 9.17) is 16.3 Å². The average Bonchev–Trinajstić information content (AvgIpc) is 2.67. The van der Waals surface area contributed by atoms with Crippen LogP contribution in [-0.2, 0) is 16.1 Å². The molecule has 2 heterocycles. The molecule has 0 bridgehead atoms. The molecule has 0 atom stereocenters. The van der Waals surface area contributed by atoms with Gasteiger partial charge in [-0.15, -0.1) is 0 Å². The zero-order valence-corrected chi connectivity index (χ0v) is 17.5. The fraction of sp³-hybridized carbons (Fsp3) is 0.524. The third kappa shape index (κ3) is 5.88. The van der Waals surface area contributed by atoms with Gasteiger partial charge in [-0.2, -0.15) is 0 Å². The van der Waals surface area contributed by atoms with Crippen LogP contribution in [0.1, 0.15) is 17.5 Å². The predicted molar refractivity (Wildman–Crippen MR) is 113 cm³/mol. The van der Waals surface area contributed by atoms with E-state index in [2.05, 4.69) is 51.3 Å². The molecule has 1 aromatic carbocycles. The average molecular weight is 405 g/mol. The molecule has 0 spiro atoms. The number of piperazine rings is 1. The molecule has 1 N–H and O–H groups in total. The Balaban J connectivity index is 1.48. The molecule has 0 radical (unpaired) electrons. The van der Waals surface area contributed by atoms with Crippen LogP contribution in [0.4, 0.5) is 0 Å². The van der Waals surface area contributed by atoms with Crippen LogP contribution in [0.15, 0.2) is 24.3 Å². The van der Waals surface area contributed by atoms with Gasteiger partial charge in [-0.05, 0) is 31.0 Å². The molecule has 152 valence electrons. The number of benzene rings is 1. The number of ether oxygens (including phenoxy) is 1. The number of methoxy groups -OCH3 is 1. The molecule has 0 unspecified atom stereocenters. The molecule has 0 aliphatic carbocycles. The number of nitrogens with zero attached hydrogens (tertiary/aromatic N) is 3. The molecule has 1 saturated heterocycles. The highest BCUT2D eigenvalue weighted by atomic mass is 35.5. The summed E-state index contributed by atoms with van der Waals surface area (Å²) in [5, 5.41) is 4.64. The first-order valence-electron chi connectivity index (χ1n) is 9.81. The molecule has 1 aliphatic heterocycles. The highest BCUT2D eigenvalue weighted by Gasteiger charge is 2.20. The topological polar surface area (TPSA) is 57.7 Å². The normalized spacial score (nSPS) is 15.8. The molecule has 28 heavy (non-hydrogen) atoms. The summed E-state index contributed by atoms with van der Waals surface area (Å²) < 4.78 is 4.99. The zero-order chi connectivity index (χ0) is 19.9. The van der Waals surface area contributed by atoms with E-state index in [-0.39, 0.29) is 5.91 Å². The Bertz CT molecular complexity index is 806. The number of aryl methyl sites for hydroxylation is 1. The van der Waals surface area contributed by atoms with Crippen molar-refractivity contribution in [2.75, 3.05) is 53.0 Å². The Kier molecular flexibility index (Phi) is 7.62. The lowest BCUT2D eigenvalue weighted by molar-refractivity contribution is -0.122. The molecule has 6 nitrogen and oxygen atoms in total. The summed E-state index contributed by atoms with van der Waals surface area (Å²) in [6.07, 6.45) is 0.843. The van der Waals surface area contributed by atoms with Crippen LogP contribution in [0, 0.1) is 6.92 Å². The lowest BCUT2D eigenvalue weighted by atomic mass is 10.1. The first-order valence-corrected chi connectivity index (χ1v) is 10.2. The smallest absolute Gasteiger partial charge is 0.234 e. The lowest BCUT2D eigenvalue weighted by Gasteiger charge is -2.34. The molecule has 0 saturated carbocycles. The van der Waals surface area contributed by atoms with Gasteiger partial charge >= 0.3 is 0 Å². The Labute approximate surface area is 171 Å². The summed E-state index contributed by atoms with van der Waals surface area (Å²) in [5.74, 6) is 0.0848. The monoisotopic (exact) mass is 404 g/mol. The number of hydrogen-bond donors (Lipinski definition) is 1. The molecular formula is C21H29ClN4O2. The number of halogens is 1. The van der Waals surface area contributed by atoms with Crippen LogP contribution in [0.25, 0.3) is 10.9 Å². The van der Waals surface area contributed by atoms with Crippen molar-refractivity contribution in [3.8, 4) is 0 Å². The number of amides is 1. The quantitative estimate of drug-likeness (QED) is 0.541. The molecule has 1 amide bonds. The SMILES string of the molecule is COCCCNC(=O)CN1CCN(Cc2cc3ccc(C)cc3nc2Cl)CC1. The fourth-order valence-electron chi connectivity index (χ4n) is 3.46. The van der Waals surface area contributed by atoms with E-state index < -0.39 is 0 Å². The van der Waals surface area contributed by atoms with Crippen LogP contribution in [-0.4, -0.2) is 73.7 Å². The summed E-state index contributed by atoms with van der Waals surface area (Å²) in [7, 11) is 1.67. The number of aromatic nitrogens is 1. The van der Waals surface area contributed by atoms with E-state index in [0.717, 1.165) is 55.6 Å². The Morgan fingerprint density at radius 1 is 1.21 bits per heavy atom. The molecule has 1 fully saturated rings. The predicted octanol–water partition coefficient (Wildman–Crippen LogP) is 2.47. The largest absolute Gasteiger partial charge is 0.385 e. The van der Waals surface area contributed by atoms with Gasteiger partial charge in [0, 0.05) is 63.9 Å². The van der Waals surface area contributed by atoms with Crippen molar-refractivity contribution in [3.05, 3.63) is 40.5 Å². The minimum absolute atomic E-state index is 0.0848. The summed E-state index contributed by atoms with van der Waals surface area (Å²) in [4.78, 5) is 21.1. The van der Waals surface area contributed by atoms with Crippen LogP contribution < -0.4 is 5.32 Å². The van der Waals surface area contributed by atoms with Gasteiger partial charge in [-0.3, -0.25) is 14.6 Å². The van der Waals surface area contributed by atoms with E-state index in [1.54, 1.807) is 7.11 Å². The minimum Gasteiger partial charge on any atom is -0.385 e. The number of hydrogen-bond acceptors (Lipinski definition) is 5. The standard InChI is InChI=1S/C21H29ClN4O2/c1-16-4-5-17-13-18(21(22)24-19(17)12-16)14-25-7-9-26(10-8-25)15-20(27)23-6-3-11-28-2/h4-5,12-13H,3,6-11,14-15H2,1-2H3,(H,23,27). The van der Waals surface area contributed by atoms with Crippen molar-refractivity contribution < 1.29 is 9.53 Å². The number of fused-ring (bicyclic) bond motifs is 1. The van der Waals surface area contributed by atoms with Gasteiger partial charge in [0.2, 0.25) is 5.91 Å². The Morgan fingerprint density at radius 3 is 2.71 bits per heavy atom. The number of rotatable bonds is 8. The third-order valence-corrected chi connectivity index (χ3v) is 5.40. The number of pyridine rings is 1. The van der Waals surface area contributed by atoms with Gasteiger partial charge in [0.25, 0.3) is 0 Å². The molecular weight excluding hydrogens is 376 g/mol. The first kappa shape index (κ1) is 21.0. The maximum absolute atomic E-state index is 12.0. The second-order valence-electron chi connectivity index (χ2n) is 7.38. The minimum atomic E-state index is 0.0848. The van der Waals surface area contributed by atoms with Crippen LogP contribution >= 0.6 is 11.6 Å². The van der Waals surface area contributed by atoms with E-state index in [1.165, 1.54) is 5.56 Å². The maximum Gasteiger partial charge on any atom is 0.234 e. The summed E-state index contributed by atoms with van der Waals surface area (Å²) in [6.45, 7) is 8.23. The van der Waals surface area contributed by atoms with Crippen molar-refractivity contribution in [2.45, 2.75) is 19.9 Å². The fourth-order valence-corrected chi connectivity index (χ4v) is 3.66. The molecule has 1 aromatic heterocycles. The number of nitrogens with one attached hydrogen (secondary N) is 1. The molecule has 3 rings (SSSR count). The Hall–Kier alpha value is -1.73. The van der Waals surface area contributed by atoms with Crippen LogP contribution in [0.2, 0.25) is 5.15 Å². The lowest BCUT2D eigenvalue weighted by Crippen LogP contribution is -2.49. The highest BCUT2D eigenvalue weighted by molar-refractivity contribution is 6.30. The first-order chi connectivity index (χ1) is 13.5. The molecule has 1 aliphatic rings. The second-order valence-corrected chi connectivity index (χ2v) is 7.74. The van der Waals surface area contributed by atoms with Gasteiger partial charge in [0.15, 0.2) is 0 Å². The summed E-state index contributed by atoms with van der Waals surface area (Å²) >= 11 is 6.43. The van der Waals surface area contributed by atoms with E-state index in [9.17, 15) is 4.79 Å².